The first-order chi connectivity index (χ1) is 12.4. The lowest BCUT2D eigenvalue weighted by molar-refractivity contribution is -0.274. The molecule has 0 fully saturated rings. The smallest absolute Gasteiger partial charge is 0.406 e. The molecule has 0 atom stereocenters. The number of hydrogen-bond acceptors (Lipinski definition) is 5. The fraction of sp³-hybridized carbons (Fsp3) is 0.438. The van der Waals surface area contributed by atoms with E-state index in [9.17, 15) is 18.0 Å². The van der Waals surface area contributed by atoms with Gasteiger partial charge in [0.05, 0.1) is 6.20 Å². The van der Waals surface area contributed by atoms with E-state index in [4.69, 9.17) is 4.74 Å². The molecule has 0 radical (unpaired) electrons. The zero-order valence-electron chi connectivity index (χ0n) is 14.1. The van der Waals surface area contributed by atoms with Gasteiger partial charge in [-0.25, -0.2) is 0 Å². The molecule has 0 aliphatic carbocycles. The van der Waals surface area contributed by atoms with Crippen LogP contribution in [0.4, 0.5) is 13.2 Å². The highest BCUT2D eigenvalue weighted by molar-refractivity contribution is 5.91. The molecule has 1 amide bonds. The molecule has 0 aliphatic rings. The molecule has 7 nitrogen and oxygen atoms in total. The first kappa shape index (κ1) is 19.7. The Labute approximate surface area is 148 Å². The number of carbonyl (C=O) groups excluding carboxylic acids is 1. The average Bonchev–Trinajstić information content (AvgIpc) is 3.04. The minimum Gasteiger partial charge on any atom is -0.406 e. The van der Waals surface area contributed by atoms with Crippen molar-refractivity contribution in [3.05, 3.63) is 41.7 Å². The summed E-state index contributed by atoms with van der Waals surface area (Å²) in [4.78, 5) is 12.1. The number of methoxy groups -OCH3 is 1. The van der Waals surface area contributed by atoms with Crippen LogP contribution < -0.4 is 10.1 Å². The standard InChI is InChI=1S/C16H19F3N4O3/c1-25-8-3-2-7-23-11-14(21-22-23)15(24)20-10-12-5-4-6-13(9-12)26-16(17,18)19/h4-6,9,11H,2-3,7-8,10H2,1H3,(H,20,24). The number of unbranched alkanes of at least 4 members (excludes halogenated alkanes) is 1. The van der Waals surface area contributed by atoms with Crippen LogP contribution in [0.3, 0.4) is 0 Å². The highest BCUT2D eigenvalue weighted by Crippen LogP contribution is 2.23. The van der Waals surface area contributed by atoms with E-state index in [-0.39, 0.29) is 18.0 Å². The van der Waals surface area contributed by atoms with Gasteiger partial charge in [0.1, 0.15) is 5.75 Å². The van der Waals surface area contributed by atoms with Crippen molar-refractivity contribution < 1.29 is 27.4 Å². The lowest BCUT2D eigenvalue weighted by Crippen LogP contribution is -2.23. The van der Waals surface area contributed by atoms with E-state index >= 15 is 0 Å². The monoisotopic (exact) mass is 372 g/mol. The molecule has 2 aromatic rings. The largest absolute Gasteiger partial charge is 0.573 e. The molecule has 0 unspecified atom stereocenters. The van der Waals surface area contributed by atoms with Crippen LogP contribution in [0, 0.1) is 0 Å². The molecular formula is C16H19F3N4O3. The first-order valence-electron chi connectivity index (χ1n) is 7.89. The van der Waals surface area contributed by atoms with Crippen molar-refractivity contribution in [2.75, 3.05) is 13.7 Å². The van der Waals surface area contributed by atoms with E-state index in [1.165, 1.54) is 24.4 Å². The topological polar surface area (TPSA) is 78.3 Å². The van der Waals surface area contributed by atoms with E-state index in [0.29, 0.717) is 18.7 Å². The van der Waals surface area contributed by atoms with E-state index in [1.54, 1.807) is 17.9 Å². The van der Waals surface area contributed by atoms with Crippen LogP contribution in [-0.2, 0) is 17.8 Å². The number of nitrogens with zero attached hydrogens (tertiary/aromatic N) is 3. The van der Waals surface area contributed by atoms with E-state index in [2.05, 4.69) is 20.4 Å². The molecule has 1 aromatic heterocycles. The Balaban J connectivity index is 1.85. The number of amides is 1. The summed E-state index contributed by atoms with van der Waals surface area (Å²) < 4.78 is 47.0. The predicted octanol–water partition coefficient (Wildman–Crippen LogP) is 2.53. The summed E-state index contributed by atoms with van der Waals surface area (Å²) in [6, 6.07) is 5.39. The van der Waals surface area contributed by atoms with E-state index < -0.39 is 12.3 Å². The number of halogens is 3. The number of ether oxygens (including phenoxy) is 2. The normalized spacial score (nSPS) is 11.4. The Hall–Kier alpha value is -2.62. The van der Waals surface area contributed by atoms with Gasteiger partial charge in [-0.2, -0.15) is 0 Å². The fourth-order valence-corrected chi connectivity index (χ4v) is 2.16. The Kier molecular flexibility index (Phi) is 6.96. The second kappa shape index (κ2) is 9.18. The summed E-state index contributed by atoms with van der Waals surface area (Å²) in [6.45, 7) is 1.30. The second-order valence-electron chi connectivity index (χ2n) is 5.44. The highest BCUT2D eigenvalue weighted by atomic mass is 19.4. The van der Waals surface area contributed by atoms with Gasteiger partial charge in [0.15, 0.2) is 5.69 Å². The van der Waals surface area contributed by atoms with Crippen molar-refractivity contribution in [3.63, 3.8) is 0 Å². The van der Waals surface area contributed by atoms with Gasteiger partial charge in [-0.15, -0.1) is 18.3 Å². The summed E-state index contributed by atoms with van der Waals surface area (Å²) in [5.74, 6) is -0.804. The molecule has 142 valence electrons. The van der Waals surface area contributed by atoms with Gasteiger partial charge < -0.3 is 14.8 Å². The van der Waals surface area contributed by atoms with Crippen LogP contribution >= 0.6 is 0 Å². The van der Waals surface area contributed by atoms with Crippen LogP contribution in [0.1, 0.15) is 28.9 Å². The lowest BCUT2D eigenvalue weighted by atomic mass is 10.2. The summed E-state index contributed by atoms with van der Waals surface area (Å²) >= 11 is 0. The fourth-order valence-electron chi connectivity index (χ4n) is 2.16. The van der Waals surface area contributed by atoms with Gasteiger partial charge in [0.25, 0.3) is 5.91 Å². The molecule has 1 aromatic carbocycles. The zero-order valence-corrected chi connectivity index (χ0v) is 14.1. The van der Waals surface area contributed by atoms with Crippen LogP contribution in [0.5, 0.6) is 5.75 Å². The van der Waals surface area contributed by atoms with Gasteiger partial charge in [0, 0.05) is 26.8 Å². The first-order valence-corrected chi connectivity index (χ1v) is 7.89. The molecule has 0 saturated carbocycles. The van der Waals surface area contributed by atoms with Gasteiger partial charge in [-0.3, -0.25) is 9.48 Å². The summed E-state index contributed by atoms with van der Waals surface area (Å²) in [5, 5.41) is 10.2. The lowest BCUT2D eigenvalue weighted by Gasteiger charge is -2.10. The Bertz CT molecular complexity index is 719. The Morgan fingerprint density at radius 2 is 2.12 bits per heavy atom. The molecule has 1 N–H and O–H groups in total. The van der Waals surface area contributed by atoms with Crippen molar-refractivity contribution in [2.24, 2.45) is 0 Å². The van der Waals surface area contributed by atoms with Gasteiger partial charge >= 0.3 is 6.36 Å². The third-order valence-electron chi connectivity index (χ3n) is 3.34. The van der Waals surface area contributed by atoms with Crippen molar-refractivity contribution in [3.8, 4) is 5.75 Å². The van der Waals surface area contributed by atoms with Crippen LogP contribution in [-0.4, -0.2) is 41.0 Å². The molecule has 26 heavy (non-hydrogen) atoms. The van der Waals surface area contributed by atoms with Crippen molar-refractivity contribution >= 4 is 5.91 Å². The van der Waals surface area contributed by atoms with E-state index in [0.717, 1.165) is 12.8 Å². The van der Waals surface area contributed by atoms with Crippen LogP contribution in [0.15, 0.2) is 30.5 Å². The molecular weight excluding hydrogens is 353 g/mol. The second-order valence-corrected chi connectivity index (χ2v) is 5.44. The molecule has 10 heteroatoms. The highest BCUT2D eigenvalue weighted by Gasteiger charge is 2.31. The number of aromatic nitrogens is 3. The van der Waals surface area contributed by atoms with Gasteiger partial charge in [0.2, 0.25) is 0 Å². The maximum Gasteiger partial charge on any atom is 0.573 e. The number of benzene rings is 1. The van der Waals surface area contributed by atoms with Crippen molar-refractivity contribution in [1.29, 1.82) is 0 Å². The minimum atomic E-state index is -4.76. The molecule has 0 bridgehead atoms. The maximum absolute atomic E-state index is 12.2. The van der Waals surface area contributed by atoms with Crippen LogP contribution in [0.25, 0.3) is 0 Å². The van der Waals surface area contributed by atoms with E-state index in [1.807, 2.05) is 0 Å². The number of carbonyl (C=O) groups is 1. The van der Waals surface area contributed by atoms with Gasteiger partial charge in [-0.1, -0.05) is 17.3 Å². The molecule has 0 spiro atoms. The number of alkyl halides is 3. The summed E-state index contributed by atoms with van der Waals surface area (Å²) in [6.07, 6.45) is -1.53. The zero-order chi connectivity index (χ0) is 19.0. The average molecular weight is 372 g/mol. The van der Waals surface area contributed by atoms with Gasteiger partial charge in [-0.05, 0) is 30.5 Å². The van der Waals surface area contributed by atoms with Crippen LogP contribution in [0.2, 0.25) is 0 Å². The SMILES string of the molecule is COCCCCn1cc(C(=O)NCc2cccc(OC(F)(F)F)c2)nn1. The van der Waals surface area contributed by atoms with Crippen molar-refractivity contribution in [2.45, 2.75) is 32.3 Å². The summed E-state index contributed by atoms with van der Waals surface area (Å²) in [7, 11) is 1.63. The maximum atomic E-state index is 12.2. The Morgan fingerprint density at radius 3 is 2.85 bits per heavy atom. The molecule has 0 saturated heterocycles. The number of rotatable bonds is 9. The quantitative estimate of drug-likeness (QED) is 0.685. The molecule has 1 heterocycles. The minimum absolute atomic E-state index is 0.0363. The third kappa shape index (κ3) is 6.71. The number of nitrogens with one attached hydrogen (secondary N) is 1. The summed E-state index contributed by atoms with van der Waals surface area (Å²) in [5.41, 5.74) is 0.603. The predicted molar refractivity (Wildman–Crippen MR) is 85.4 cm³/mol. The van der Waals surface area contributed by atoms with Crippen molar-refractivity contribution in [1.82, 2.24) is 20.3 Å². The number of hydrogen-bond donors (Lipinski definition) is 1. The third-order valence-corrected chi connectivity index (χ3v) is 3.34. The molecule has 2 rings (SSSR count). The Morgan fingerprint density at radius 1 is 1.31 bits per heavy atom. The molecule has 0 aliphatic heterocycles. The number of aryl methyl sites for hydroxylation is 1.